The normalized spacial score (nSPS) is 11.0. The molecular formula is C18H14N4O2S2. The smallest absolute Gasteiger partial charge is 0.221 e. The number of amides is 2. The highest BCUT2D eigenvalue weighted by Gasteiger charge is 2.20. The van der Waals surface area contributed by atoms with Crippen LogP contribution >= 0.6 is 22.7 Å². The van der Waals surface area contributed by atoms with E-state index < -0.39 is 0 Å². The van der Waals surface area contributed by atoms with Gasteiger partial charge in [-0.3, -0.25) is 9.59 Å². The van der Waals surface area contributed by atoms with Crippen LogP contribution in [0.15, 0.2) is 35.3 Å². The summed E-state index contributed by atoms with van der Waals surface area (Å²) in [5, 5.41) is 5.81. The maximum atomic E-state index is 11.7. The first kappa shape index (κ1) is 16.6. The van der Waals surface area contributed by atoms with E-state index in [1.165, 1.54) is 36.5 Å². The van der Waals surface area contributed by atoms with E-state index in [0.29, 0.717) is 11.4 Å². The van der Waals surface area contributed by atoms with Gasteiger partial charge in [0.1, 0.15) is 0 Å². The van der Waals surface area contributed by atoms with Crippen molar-refractivity contribution in [3.05, 3.63) is 35.3 Å². The standard InChI is InChI=1S/C18H14N4O2S2/c1-9(23)21-11-3-5-13-17(25-7-19-13)15(11)16-12(22-10(2)24)4-6-14-18(16)26-8-20-14/h3-8H,1-2H3,(H,21,23)(H,22,24). The summed E-state index contributed by atoms with van der Waals surface area (Å²) in [6.07, 6.45) is 0. The van der Waals surface area contributed by atoms with E-state index in [2.05, 4.69) is 20.6 Å². The zero-order valence-electron chi connectivity index (χ0n) is 14.0. The van der Waals surface area contributed by atoms with Crippen LogP contribution < -0.4 is 10.6 Å². The molecule has 4 rings (SSSR count). The number of nitrogens with zero attached hydrogens (tertiary/aromatic N) is 2. The number of carbonyl (C=O) groups is 2. The van der Waals surface area contributed by atoms with Crippen molar-refractivity contribution in [1.29, 1.82) is 0 Å². The maximum Gasteiger partial charge on any atom is 0.221 e. The highest BCUT2D eigenvalue weighted by Crippen LogP contribution is 2.45. The number of anilines is 2. The first-order valence-electron chi connectivity index (χ1n) is 7.82. The lowest BCUT2D eigenvalue weighted by Crippen LogP contribution is -2.09. The fourth-order valence-electron chi connectivity index (χ4n) is 2.94. The Balaban J connectivity index is 2.11. The third kappa shape index (κ3) is 2.83. The van der Waals surface area contributed by atoms with Crippen LogP contribution in [0.4, 0.5) is 11.4 Å². The van der Waals surface area contributed by atoms with E-state index in [0.717, 1.165) is 31.6 Å². The minimum absolute atomic E-state index is 0.160. The molecule has 2 aromatic carbocycles. The number of aromatic nitrogens is 2. The Bertz CT molecular complexity index is 1070. The molecule has 0 aliphatic rings. The summed E-state index contributed by atoms with van der Waals surface area (Å²) in [5.41, 5.74) is 8.29. The van der Waals surface area contributed by atoms with Gasteiger partial charge < -0.3 is 10.6 Å². The summed E-state index contributed by atoms with van der Waals surface area (Å²) in [7, 11) is 0. The van der Waals surface area contributed by atoms with Gasteiger partial charge in [0, 0.05) is 25.0 Å². The first-order valence-corrected chi connectivity index (χ1v) is 9.58. The lowest BCUT2D eigenvalue weighted by molar-refractivity contribution is -0.115. The van der Waals surface area contributed by atoms with Gasteiger partial charge in [0.15, 0.2) is 0 Å². The molecular weight excluding hydrogens is 368 g/mol. The molecule has 26 heavy (non-hydrogen) atoms. The second kappa shape index (κ2) is 6.47. The molecule has 2 heterocycles. The Hall–Kier alpha value is -2.84. The van der Waals surface area contributed by atoms with Crippen molar-refractivity contribution in [3.8, 4) is 11.1 Å². The van der Waals surface area contributed by atoms with Gasteiger partial charge in [-0.1, -0.05) is 0 Å². The average molecular weight is 382 g/mol. The number of nitrogens with one attached hydrogen (secondary N) is 2. The lowest BCUT2D eigenvalue weighted by Gasteiger charge is -2.16. The number of carbonyl (C=O) groups excluding carboxylic acids is 2. The van der Waals surface area contributed by atoms with Crippen molar-refractivity contribution in [1.82, 2.24) is 9.97 Å². The average Bonchev–Trinajstić information content (AvgIpc) is 3.22. The monoisotopic (exact) mass is 382 g/mol. The summed E-state index contributed by atoms with van der Waals surface area (Å²) in [4.78, 5) is 32.3. The van der Waals surface area contributed by atoms with Crippen LogP contribution in [0.2, 0.25) is 0 Å². The quantitative estimate of drug-likeness (QED) is 0.547. The second-order valence-electron chi connectivity index (χ2n) is 5.74. The van der Waals surface area contributed by atoms with Crippen molar-refractivity contribution in [2.24, 2.45) is 0 Å². The number of hydrogen-bond acceptors (Lipinski definition) is 6. The summed E-state index contributed by atoms with van der Waals surface area (Å²) >= 11 is 3.00. The Kier molecular flexibility index (Phi) is 4.14. The van der Waals surface area contributed by atoms with E-state index in [9.17, 15) is 9.59 Å². The van der Waals surface area contributed by atoms with Gasteiger partial charge in [0.2, 0.25) is 11.8 Å². The highest BCUT2D eigenvalue weighted by atomic mass is 32.1. The largest absolute Gasteiger partial charge is 0.326 e. The maximum absolute atomic E-state index is 11.7. The van der Waals surface area contributed by atoms with Crippen molar-refractivity contribution in [2.45, 2.75) is 13.8 Å². The Morgan fingerprint density at radius 2 is 1.19 bits per heavy atom. The highest BCUT2D eigenvalue weighted by molar-refractivity contribution is 7.18. The fourth-order valence-corrected chi connectivity index (χ4v) is 4.63. The van der Waals surface area contributed by atoms with E-state index >= 15 is 0 Å². The van der Waals surface area contributed by atoms with E-state index in [1.54, 1.807) is 11.0 Å². The summed E-state index contributed by atoms with van der Waals surface area (Å²) in [6.45, 7) is 2.95. The van der Waals surface area contributed by atoms with Crippen molar-refractivity contribution >= 4 is 66.3 Å². The molecule has 130 valence electrons. The van der Waals surface area contributed by atoms with Gasteiger partial charge in [-0.15, -0.1) is 22.7 Å². The second-order valence-corrected chi connectivity index (χ2v) is 7.45. The molecule has 8 heteroatoms. The molecule has 0 saturated heterocycles. The SMILES string of the molecule is CC(=O)Nc1ccc2ncsc2c1-c1c(NC(C)=O)ccc2ncsc12. The molecule has 0 saturated carbocycles. The number of thiazole rings is 2. The molecule has 4 aromatic rings. The molecule has 0 bridgehead atoms. The van der Waals surface area contributed by atoms with Crippen LogP contribution in [0.5, 0.6) is 0 Å². The molecule has 0 aliphatic carbocycles. The van der Waals surface area contributed by atoms with E-state index in [4.69, 9.17) is 0 Å². The number of benzene rings is 2. The van der Waals surface area contributed by atoms with Gasteiger partial charge in [-0.25, -0.2) is 9.97 Å². The van der Waals surface area contributed by atoms with Gasteiger partial charge in [0.05, 0.1) is 42.8 Å². The molecule has 0 atom stereocenters. The Morgan fingerprint density at radius 3 is 1.58 bits per heavy atom. The Labute approximate surface area is 156 Å². The van der Waals surface area contributed by atoms with Crippen LogP contribution in [-0.4, -0.2) is 21.8 Å². The van der Waals surface area contributed by atoms with Crippen molar-refractivity contribution in [2.75, 3.05) is 10.6 Å². The zero-order valence-corrected chi connectivity index (χ0v) is 15.6. The first-order chi connectivity index (χ1) is 12.5. The molecule has 0 fully saturated rings. The number of hydrogen-bond donors (Lipinski definition) is 2. The summed E-state index contributed by atoms with van der Waals surface area (Å²) < 4.78 is 1.90. The molecule has 0 unspecified atom stereocenters. The number of fused-ring (bicyclic) bond motifs is 2. The fraction of sp³-hybridized carbons (Fsp3) is 0.111. The van der Waals surface area contributed by atoms with Crippen molar-refractivity contribution in [3.63, 3.8) is 0 Å². The molecule has 6 nitrogen and oxygen atoms in total. The van der Waals surface area contributed by atoms with Gasteiger partial charge >= 0.3 is 0 Å². The van der Waals surface area contributed by atoms with Crippen LogP contribution in [0.3, 0.4) is 0 Å². The molecule has 2 amide bonds. The molecule has 2 aromatic heterocycles. The van der Waals surface area contributed by atoms with Crippen molar-refractivity contribution < 1.29 is 9.59 Å². The molecule has 0 aliphatic heterocycles. The van der Waals surface area contributed by atoms with Gasteiger partial charge in [0.25, 0.3) is 0 Å². The summed E-state index contributed by atoms with van der Waals surface area (Å²) in [6, 6.07) is 7.45. The minimum Gasteiger partial charge on any atom is -0.326 e. The van der Waals surface area contributed by atoms with Crippen LogP contribution in [0.25, 0.3) is 31.6 Å². The molecule has 0 spiro atoms. The third-order valence-electron chi connectivity index (χ3n) is 3.87. The Morgan fingerprint density at radius 1 is 0.769 bits per heavy atom. The predicted molar refractivity (Wildman–Crippen MR) is 107 cm³/mol. The van der Waals surface area contributed by atoms with Crippen LogP contribution in [0.1, 0.15) is 13.8 Å². The molecule has 0 radical (unpaired) electrons. The number of rotatable bonds is 3. The van der Waals surface area contributed by atoms with E-state index in [-0.39, 0.29) is 11.8 Å². The van der Waals surface area contributed by atoms with Crippen LogP contribution in [0, 0.1) is 0 Å². The minimum atomic E-state index is -0.160. The third-order valence-corrected chi connectivity index (χ3v) is 5.59. The topological polar surface area (TPSA) is 84.0 Å². The van der Waals surface area contributed by atoms with Gasteiger partial charge in [-0.2, -0.15) is 0 Å². The van der Waals surface area contributed by atoms with Gasteiger partial charge in [-0.05, 0) is 24.3 Å². The zero-order chi connectivity index (χ0) is 18.3. The van der Waals surface area contributed by atoms with Crippen LogP contribution in [-0.2, 0) is 9.59 Å². The summed E-state index contributed by atoms with van der Waals surface area (Å²) in [5.74, 6) is -0.319. The molecule has 2 N–H and O–H groups in total. The lowest BCUT2D eigenvalue weighted by atomic mass is 10.00. The predicted octanol–water partition coefficient (Wildman–Crippen LogP) is 4.49. The van der Waals surface area contributed by atoms with E-state index in [1.807, 2.05) is 24.3 Å².